The normalized spacial score (nSPS) is 14.3. The molecule has 1 aromatic carbocycles. The number of benzene rings is 1. The van der Waals surface area contributed by atoms with Crippen molar-refractivity contribution in [3.8, 4) is 0 Å². The minimum Gasteiger partial charge on any atom is -0.458 e. The van der Waals surface area contributed by atoms with Crippen LogP contribution >= 0.6 is 0 Å². The summed E-state index contributed by atoms with van der Waals surface area (Å²) in [6.07, 6.45) is 7.81. The van der Waals surface area contributed by atoms with Crippen LogP contribution in [0.3, 0.4) is 0 Å². The lowest BCUT2D eigenvalue weighted by atomic mass is 10.0. The Balaban J connectivity index is 2.31. The molecular weight excluding hydrogens is 808 g/mol. The summed E-state index contributed by atoms with van der Waals surface area (Å²) in [6.45, 7) is 10.6. The zero-order valence-electron chi connectivity index (χ0n) is 38.0. The van der Waals surface area contributed by atoms with Crippen LogP contribution in [-0.2, 0) is 82.9 Å². The summed E-state index contributed by atoms with van der Waals surface area (Å²) in [4.78, 5) is 99.5. The van der Waals surface area contributed by atoms with Gasteiger partial charge in [-0.1, -0.05) is 127 Å². The smallest absolute Gasteiger partial charge is 0.347 e. The van der Waals surface area contributed by atoms with Crippen LogP contribution in [0.2, 0.25) is 0 Å². The maximum absolute atomic E-state index is 12.6. The molecule has 350 valence electrons. The third-order valence-electron chi connectivity index (χ3n) is 9.60. The zero-order valence-corrected chi connectivity index (χ0v) is 38.0. The van der Waals surface area contributed by atoms with Crippen molar-refractivity contribution in [1.82, 2.24) is 0 Å². The summed E-state index contributed by atoms with van der Waals surface area (Å²) >= 11 is 0. The van der Waals surface area contributed by atoms with Gasteiger partial charge in [-0.15, -0.1) is 0 Å². The van der Waals surface area contributed by atoms with Crippen molar-refractivity contribution in [1.29, 1.82) is 0 Å². The highest BCUT2D eigenvalue weighted by atomic mass is 16.7. The fraction of sp³-hybridized carbons (Fsp3) is 0.696. The van der Waals surface area contributed by atoms with Crippen LogP contribution < -0.4 is 0 Å². The number of esters is 8. The molecule has 0 aromatic heterocycles. The van der Waals surface area contributed by atoms with E-state index < -0.39 is 90.5 Å². The first-order valence-corrected chi connectivity index (χ1v) is 22.1. The van der Waals surface area contributed by atoms with Crippen molar-refractivity contribution in [2.75, 3.05) is 0 Å². The van der Waals surface area contributed by atoms with Crippen LogP contribution in [0.4, 0.5) is 0 Å². The summed E-state index contributed by atoms with van der Waals surface area (Å²) in [5, 5.41) is 0. The van der Waals surface area contributed by atoms with Crippen LogP contribution in [-0.4, -0.2) is 90.5 Å². The van der Waals surface area contributed by atoms with Crippen LogP contribution in [0.1, 0.15) is 164 Å². The number of ether oxygens (including phenoxy) is 8. The Morgan fingerprint density at radius 3 is 0.968 bits per heavy atom. The van der Waals surface area contributed by atoms with E-state index in [4.69, 9.17) is 37.9 Å². The molecule has 0 aliphatic heterocycles. The molecule has 0 radical (unpaired) electrons. The van der Waals surface area contributed by atoms with Crippen molar-refractivity contribution in [2.45, 2.75) is 207 Å². The van der Waals surface area contributed by atoms with E-state index >= 15 is 0 Å². The van der Waals surface area contributed by atoms with Crippen LogP contribution in [0.15, 0.2) is 30.3 Å². The molecule has 0 spiro atoms. The van der Waals surface area contributed by atoms with Gasteiger partial charge in [0.2, 0.25) is 0 Å². The first-order valence-electron chi connectivity index (χ1n) is 22.1. The van der Waals surface area contributed by atoms with E-state index in [2.05, 4.69) is 6.92 Å². The molecule has 0 bridgehead atoms. The van der Waals surface area contributed by atoms with Crippen LogP contribution in [0.5, 0.6) is 0 Å². The standard InChI is InChI=1S/C46H70O16/c1-9-10-11-12-13-14-15-16-17-18-19-20-21-22-26-29-39(47)56-32(3)41(49)58-34(5)43(51)60-36(7)45(53)62-37(8)46(54)61-35(6)44(52)59-33(4)42(50)57-31(2)40(48)55-30-38-27-24-23-25-28-38/h23-25,27-28,31-37H,9-22,26,29-30H2,1-8H3/t31-,32-,33-,34-,35-,36-,37-/m0/s1. The molecule has 0 N–H and O–H groups in total. The number of hydrogen-bond donors (Lipinski definition) is 0. The Kier molecular flexibility index (Phi) is 28.2. The average molecular weight is 879 g/mol. The largest absolute Gasteiger partial charge is 0.458 e. The Hall–Kier alpha value is -5.02. The van der Waals surface area contributed by atoms with Crippen molar-refractivity contribution in [3.63, 3.8) is 0 Å². The molecule has 1 rings (SSSR count). The number of carbonyl (C=O) groups excluding carboxylic acids is 8. The molecule has 0 heterocycles. The Morgan fingerprint density at radius 2 is 0.645 bits per heavy atom. The zero-order chi connectivity index (χ0) is 46.5. The van der Waals surface area contributed by atoms with E-state index in [0.717, 1.165) is 45.6 Å². The van der Waals surface area contributed by atoms with Crippen molar-refractivity contribution >= 4 is 47.8 Å². The molecule has 0 aliphatic rings. The van der Waals surface area contributed by atoms with Gasteiger partial charge in [0, 0.05) is 6.42 Å². The summed E-state index contributed by atoms with van der Waals surface area (Å²) in [7, 11) is 0. The monoisotopic (exact) mass is 878 g/mol. The van der Waals surface area contributed by atoms with Crippen molar-refractivity contribution in [3.05, 3.63) is 35.9 Å². The maximum atomic E-state index is 12.6. The number of rotatable bonds is 32. The molecule has 0 amide bonds. The SMILES string of the molecule is CCCCCCCCCCCCCCCCCC(=O)O[C@@H](C)C(=O)O[C@@H](C)C(=O)O[C@@H](C)C(=O)O[C@@H](C)C(=O)O[C@@H](C)C(=O)O[C@@H](C)C(=O)O[C@@H](C)C(=O)OCc1ccccc1. The predicted molar refractivity (Wildman–Crippen MR) is 225 cm³/mol. The summed E-state index contributed by atoms with van der Waals surface area (Å²) in [5.74, 6) is -8.02. The molecule has 62 heavy (non-hydrogen) atoms. The fourth-order valence-electron chi connectivity index (χ4n) is 5.70. The average Bonchev–Trinajstić information content (AvgIpc) is 3.23. The van der Waals surface area contributed by atoms with Gasteiger partial charge in [-0.05, 0) is 60.5 Å². The topological polar surface area (TPSA) is 210 Å². The van der Waals surface area contributed by atoms with Gasteiger partial charge < -0.3 is 37.9 Å². The third kappa shape index (κ3) is 24.4. The van der Waals surface area contributed by atoms with E-state index in [-0.39, 0.29) is 13.0 Å². The number of unbranched alkanes of at least 4 members (excludes halogenated alkanes) is 14. The summed E-state index contributed by atoms with van der Waals surface area (Å²) in [5.41, 5.74) is 0.726. The van der Waals surface area contributed by atoms with E-state index in [1.165, 1.54) is 98.3 Å². The lowest BCUT2D eigenvalue weighted by Crippen LogP contribution is -2.39. The van der Waals surface area contributed by atoms with Gasteiger partial charge in [-0.3, -0.25) is 4.79 Å². The number of hydrogen-bond acceptors (Lipinski definition) is 16. The van der Waals surface area contributed by atoms with E-state index in [9.17, 15) is 38.4 Å². The molecule has 0 unspecified atom stereocenters. The van der Waals surface area contributed by atoms with E-state index in [1.54, 1.807) is 30.3 Å². The van der Waals surface area contributed by atoms with Crippen molar-refractivity contribution < 1.29 is 76.3 Å². The number of carbonyl (C=O) groups is 8. The minimum absolute atomic E-state index is 0.0385. The van der Waals surface area contributed by atoms with Crippen molar-refractivity contribution in [2.24, 2.45) is 0 Å². The summed E-state index contributed by atoms with van der Waals surface area (Å²) < 4.78 is 40.4. The molecule has 0 saturated heterocycles. The van der Waals surface area contributed by atoms with E-state index in [1.807, 2.05) is 0 Å². The van der Waals surface area contributed by atoms with Gasteiger partial charge in [0.15, 0.2) is 42.7 Å². The molecule has 0 aliphatic carbocycles. The third-order valence-corrected chi connectivity index (χ3v) is 9.60. The Bertz CT molecular complexity index is 1530. The van der Waals surface area contributed by atoms with Gasteiger partial charge in [-0.25, -0.2) is 33.6 Å². The highest BCUT2D eigenvalue weighted by Crippen LogP contribution is 2.15. The molecular formula is C46H70O16. The highest BCUT2D eigenvalue weighted by molar-refractivity contribution is 5.87. The van der Waals surface area contributed by atoms with E-state index in [0.29, 0.717) is 6.42 Å². The minimum atomic E-state index is -1.58. The van der Waals surface area contributed by atoms with Gasteiger partial charge in [0.05, 0.1) is 0 Å². The second kappa shape index (κ2) is 31.8. The molecule has 7 atom stereocenters. The van der Waals surface area contributed by atoms with Gasteiger partial charge in [-0.2, -0.15) is 0 Å². The summed E-state index contributed by atoms with van der Waals surface area (Å²) in [6, 6.07) is 8.83. The predicted octanol–water partition coefficient (Wildman–Crippen LogP) is 7.51. The van der Waals surface area contributed by atoms with Crippen LogP contribution in [0.25, 0.3) is 0 Å². The quantitative estimate of drug-likeness (QED) is 0.0389. The van der Waals surface area contributed by atoms with Gasteiger partial charge in [0.1, 0.15) is 6.61 Å². The molecule has 0 saturated carbocycles. The van der Waals surface area contributed by atoms with Crippen LogP contribution in [0, 0.1) is 0 Å². The molecule has 1 aromatic rings. The van der Waals surface area contributed by atoms with Gasteiger partial charge in [0.25, 0.3) is 0 Å². The Morgan fingerprint density at radius 1 is 0.371 bits per heavy atom. The maximum Gasteiger partial charge on any atom is 0.347 e. The lowest BCUT2D eigenvalue weighted by Gasteiger charge is -2.21. The lowest BCUT2D eigenvalue weighted by molar-refractivity contribution is -0.188. The highest BCUT2D eigenvalue weighted by Gasteiger charge is 2.33. The second-order valence-electron chi connectivity index (χ2n) is 15.4. The Labute approximate surface area is 366 Å². The molecule has 16 nitrogen and oxygen atoms in total. The second-order valence-corrected chi connectivity index (χ2v) is 15.4. The van der Waals surface area contributed by atoms with Gasteiger partial charge >= 0.3 is 47.8 Å². The first kappa shape index (κ1) is 55.0. The fourth-order valence-corrected chi connectivity index (χ4v) is 5.70. The molecule has 16 heteroatoms. The molecule has 0 fully saturated rings. The first-order chi connectivity index (χ1) is 29.5.